The number of carboxylic acid groups (broad SMARTS) is 1. The van der Waals surface area contributed by atoms with Crippen molar-refractivity contribution in [2.45, 2.75) is 38.8 Å². The van der Waals surface area contributed by atoms with Gasteiger partial charge in [-0.1, -0.05) is 13.8 Å². The highest BCUT2D eigenvalue weighted by Crippen LogP contribution is 2.32. The Bertz CT molecular complexity index is 215. The van der Waals surface area contributed by atoms with Crippen LogP contribution in [0.2, 0.25) is 0 Å². The summed E-state index contributed by atoms with van der Waals surface area (Å²) >= 11 is 0. The van der Waals surface area contributed by atoms with Crippen molar-refractivity contribution in [3.05, 3.63) is 0 Å². The maximum atomic E-state index is 11.4. The van der Waals surface area contributed by atoms with Crippen LogP contribution in [-0.2, 0) is 9.53 Å². The van der Waals surface area contributed by atoms with E-state index >= 15 is 0 Å². The Labute approximate surface area is 84.8 Å². The van der Waals surface area contributed by atoms with Gasteiger partial charge in [0.15, 0.2) is 0 Å². The third kappa shape index (κ3) is 1.53. The zero-order chi connectivity index (χ0) is 10.8. The fraction of sp³-hybridized carbons (Fsp3) is 0.900. The van der Waals surface area contributed by atoms with Gasteiger partial charge in [0, 0.05) is 13.0 Å². The lowest BCUT2D eigenvalue weighted by molar-refractivity contribution is -0.155. The second kappa shape index (κ2) is 4.28. The van der Waals surface area contributed by atoms with Crippen molar-refractivity contribution in [2.75, 3.05) is 19.7 Å². The highest BCUT2D eigenvalue weighted by Gasteiger charge is 2.51. The number of rotatable bonds is 4. The molecule has 4 nitrogen and oxygen atoms in total. The number of likely N-dealkylation sites (N-methyl/N-ethyl adjacent to an activating group) is 1. The van der Waals surface area contributed by atoms with E-state index in [1.54, 1.807) is 0 Å². The summed E-state index contributed by atoms with van der Waals surface area (Å²) in [6.45, 7) is 7.86. The molecule has 0 aromatic heterocycles. The lowest BCUT2D eigenvalue weighted by Gasteiger charge is -2.38. The molecule has 0 aromatic rings. The molecular formula is C10H19NO3. The Kier molecular flexibility index (Phi) is 3.50. The van der Waals surface area contributed by atoms with Crippen LogP contribution in [0, 0.1) is 0 Å². The summed E-state index contributed by atoms with van der Waals surface area (Å²) in [4.78, 5) is 13.4. The molecule has 0 spiro atoms. The van der Waals surface area contributed by atoms with Crippen LogP contribution in [0.4, 0.5) is 0 Å². The predicted molar refractivity (Wildman–Crippen MR) is 53.3 cm³/mol. The number of ether oxygens (including phenoxy) is 1. The Morgan fingerprint density at radius 2 is 2.14 bits per heavy atom. The first kappa shape index (κ1) is 11.5. The Hall–Kier alpha value is -0.610. The molecule has 1 aliphatic heterocycles. The Morgan fingerprint density at radius 1 is 1.57 bits per heavy atom. The average Bonchev–Trinajstić information content (AvgIpc) is 2.51. The van der Waals surface area contributed by atoms with Gasteiger partial charge in [-0.05, 0) is 20.0 Å². The van der Waals surface area contributed by atoms with Gasteiger partial charge in [-0.3, -0.25) is 9.69 Å². The van der Waals surface area contributed by atoms with Gasteiger partial charge in [0.1, 0.15) is 5.54 Å². The summed E-state index contributed by atoms with van der Waals surface area (Å²) in [7, 11) is 0. The molecule has 1 aliphatic rings. The van der Waals surface area contributed by atoms with Crippen molar-refractivity contribution < 1.29 is 14.6 Å². The lowest BCUT2D eigenvalue weighted by Crippen LogP contribution is -2.58. The van der Waals surface area contributed by atoms with Crippen LogP contribution in [0.3, 0.4) is 0 Å². The quantitative estimate of drug-likeness (QED) is 0.736. The van der Waals surface area contributed by atoms with Gasteiger partial charge in [-0.15, -0.1) is 0 Å². The molecule has 2 atom stereocenters. The van der Waals surface area contributed by atoms with Gasteiger partial charge in [0.05, 0.1) is 6.10 Å². The summed E-state index contributed by atoms with van der Waals surface area (Å²) in [6.07, 6.45) is 0.366. The van der Waals surface area contributed by atoms with Crippen molar-refractivity contribution in [2.24, 2.45) is 0 Å². The number of nitrogens with zero attached hydrogens (tertiary/aromatic N) is 1. The maximum Gasteiger partial charge on any atom is 0.326 e. The third-order valence-electron chi connectivity index (χ3n) is 3.22. The van der Waals surface area contributed by atoms with E-state index in [0.717, 1.165) is 13.1 Å². The van der Waals surface area contributed by atoms with Crippen LogP contribution in [0.25, 0.3) is 0 Å². The first-order chi connectivity index (χ1) is 6.59. The molecule has 0 aromatic carbocycles. The van der Waals surface area contributed by atoms with Crippen molar-refractivity contribution in [1.82, 2.24) is 4.90 Å². The summed E-state index contributed by atoms with van der Waals surface area (Å²) in [5.41, 5.74) is -0.802. The number of carbonyl (C=O) groups is 1. The van der Waals surface area contributed by atoms with Gasteiger partial charge >= 0.3 is 5.97 Å². The van der Waals surface area contributed by atoms with Gasteiger partial charge in [-0.2, -0.15) is 0 Å². The SMILES string of the molecule is CCN(CC)C1(C(=O)O)CCOC1C. The lowest BCUT2D eigenvalue weighted by atomic mass is 9.90. The van der Waals surface area contributed by atoms with E-state index in [-0.39, 0.29) is 6.10 Å². The molecule has 0 radical (unpaired) electrons. The first-order valence-electron chi connectivity index (χ1n) is 5.19. The maximum absolute atomic E-state index is 11.4. The number of hydrogen-bond acceptors (Lipinski definition) is 3. The zero-order valence-corrected chi connectivity index (χ0v) is 9.12. The highest BCUT2D eigenvalue weighted by molar-refractivity contribution is 5.80. The zero-order valence-electron chi connectivity index (χ0n) is 9.12. The molecule has 4 heteroatoms. The van der Waals surface area contributed by atoms with Crippen LogP contribution in [0.1, 0.15) is 27.2 Å². The molecule has 1 heterocycles. The third-order valence-corrected chi connectivity index (χ3v) is 3.22. The molecule has 0 amide bonds. The number of aliphatic carboxylic acids is 1. The molecule has 0 saturated carbocycles. The number of hydrogen-bond donors (Lipinski definition) is 1. The van der Waals surface area contributed by atoms with E-state index < -0.39 is 11.5 Å². The second-order valence-electron chi connectivity index (χ2n) is 3.66. The monoisotopic (exact) mass is 201 g/mol. The molecule has 1 saturated heterocycles. The molecule has 1 N–H and O–H groups in total. The molecule has 82 valence electrons. The minimum Gasteiger partial charge on any atom is -0.480 e. The topological polar surface area (TPSA) is 49.8 Å². The molecular weight excluding hydrogens is 182 g/mol. The standard InChI is InChI=1S/C10H19NO3/c1-4-11(5-2)10(9(12)13)6-7-14-8(10)3/h8H,4-7H2,1-3H3,(H,12,13). The molecule has 14 heavy (non-hydrogen) atoms. The average molecular weight is 201 g/mol. The van der Waals surface area contributed by atoms with Gasteiger partial charge in [0.25, 0.3) is 0 Å². The number of carboxylic acids is 1. The van der Waals surface area contributed by atoms with E-state index in [4.69, 9.17) is 4.74 Å². The van der Waals surface area contributed by atoms with E-state index in [0.29, 0.717) is 13.0 Å². The molecule has 0 bridgehead atoms. The van der Waals surface area contributed by atoms with E-state index in [9.17, 15) is 9.90 Å². The van der Waals surface area contributed by atoms with Crippen LogP contribution in [-0.4, -0.2) is 47.3 Å². The van der Waals surface area contributed by atoms with Crippen molar-refractivity contribution in [3.8, 4) is 0 Å². The van der Waals surface area contributed by atoms with E-state index in [1.807, 2.05) is 25.7 Å². The Morgan fingerprint density at radius 3 is 2.43 bits per heavy atom. The van der Waals surface area contributed by atoms with Gasteiger partial charge < -0.3 is 9.84 Å². The fourth-order valence-electron chi connectivity index (χ4n) is 2.35. The van der Waals surface area contributed by atoms with Crippen LogP contribution < -0.4 is 0 Å². The molecule has 1 rings (SSSR count). The van der Waals surface area contributed by atoms with Crippen LogP contribution >= 0.6 is 0 Å². The van der Waals surface area contributed by atoms with Crippen LogP contribution in [0.15, 0.2) is 0 Å². The van der Waals surface area contributed by atoms with E-state index in [2.05, 4.69) is 0 Å². The van der Waals surface area contributed by atoms with Crippen molar-refractivity contribution in [3.63, 3.8) is 0 Å². The summed E-state index contributed by atoms with van der Waals surface area (Å²) in [5, 5.41) is 9.35. The fourth-order valence-corrected chi connectivity index (χ4v) is 2.35. The first-order valence-corrected chi connectivity index (χ1v) is 5.19. The summed E-state index contributed by atoms with van der Waals surface area (Å²) in [5.74, 6) is -0.758. The minimum absolute atomic E-state index is 0.222. The largest absolute Gasteiger partial charge is 0.480 e. The smallest absolute Gasteiger partial charge is 0.326 e. The van der Waals surface area contributed by atoms with Crippen molar-refractivity contribution in [1.29, 1.82) is 0 Å². The van der Waals surface area contributed by atoms with E-state index in [1.165, 1.54) is 0 Å². The van der Waals surface area contributed by atoms with Gasteiger partial charge in [-0.25, -0.2) is 0 Å². The summed E-state index contributed by atoms with van der Waals surface area (Å²) in [6, 6.07) is 0. The van der Waals surface area contributed by atoms with Crippen LogP contribution in [0.5, 0.6) is 0 Å². The second-order valence-corrected chi connectivity index (χ2v) is 3.66. The minimum atomic E-state index is -0.802. The normalized spacial score (nSPS) is 32.4. The molecule has 0 aliphatic carbocycles. The Balaban J connectivity index is 2.97. The predicted octanol–water partition coefficient (Wildman–Crippen LogP) is 0.960. The highest BCUT2D eigenvalue weighted by atomic mass is 16.5. The molecule has 1 fully saturated rings. The molecule has 2 unspecified atom stereocenters. The summed E-state index contributed by atoms with van der Waals surface area (Å²) < 4.78 is 5.39. The van der Waals surface area contributed by atoms with Gasteiger partial charge in [0.2, 0.25) is 0 Å². The van der Waals surface area contributed by atoms with Crippen molar-refractivity contribution >= 4 is 5.97 Å².